The Kier molecular flexibility index (Phi) is 4.70. The zero-order valence-electron chi connectivity index (χ0n) is 10.6. The van der Waals surface area contributed by atoms with Crippen LogP contribution in [-0.4, -0.2) is 22.9 Å². The monoisotopic (exact) mass is 297 g/mol. The first-order chi connectivity index (χ1) is 9.60. The molecule has 0 aliphatic heterocycles. The van der Waals surface area contributed by atoms with Crippen molar-refractivity contribution in [2.24, 2.45) is 5.73 Å². The Morgan fingerprint density at radius 2 is 2.20 bits per heavy atom. The lowest BCUT2D eigenvalue weighted by molar-refractivity contribution is 0.324. The summed E-state index contributed by atoms with van der Waals surface area (Å²) in [6.45, 7) is 0.646. The van der Waals surface area contributed by atoms with Gasteiger partial charge >= 0.3 is 0 Å². The van der Waals surface area contributed by atoms with Gasteiger partial charge in [-0.1, -0.05) is 11.6 Å². The second-order valence-electron chi connectivity index (χ2n) is 4.06. The first-order valence-corrected chi connectivity index (χ1v) is 6.32. The molecule has 1 aromatic heterocycles. The number of nitrogens with zero attached hydrogens (tertiary/aromatic N) is 2. The van der Waals surface area contributed by atoms with Crippen LogP contribution in [0.1, 0.15) is 5.56 Å². The van der Waals surface area contributed by atoms with Gasteiger partial charge in [0.15, 0.2) is 0 Å². The number of ether oxygens (including phenoxy) is 1. The van der Waals surface area contributed by atoms with Gasteiger partial charge in [-0.2, -0.15) is 5.10 Å². The Morgan fingerprint density at radius 3 is 2.90 bits per heavy atom. The van der Waals surface area contributed by atoms with Crippen molar-refractivity contribution in [3.63, 3.8) is 0 Å². The molecule has 0 saturated carbocycles. The van der Waals surface area contributed by atoms with Gasteiger partial charge in [0.25, 0.3) is 5.56 Å². The molecule has 0 aliphatic rings. The molecule has 2 aromatic rings. The first-order valence-electron chi connectivity index (χ1n) is 5.94. The predicted molar refractivity (Wildman–Crippen MR) is 73.6 cm³/mol. The van der Waals surface area contributed by atoms with Gasteiger partial charge in [-0.05, 0) is 18.2 Å². The highest BCUT2D eigenvalue weighted by Gasteiger charge is 2.07. The molecule has 0 spiro atoms. The van der Waals surface area contributed by atoms with Crippen molar-refractivity contribution >= 4 is 11.6 Å². The van der Waals surface area contributed by atoms with Gasteiger partial charge in [0.1, 0.15) is 18.2 Å². The highest BCUT2D eigenvalue weighted by atomic mass is 35.5. The summed E-state index contributed by atoms with van der Waals surface area (Å²) >= 11 is 5.80. The summed E-state index contributed by atoms with van der Waals surface area (Å²) in [4.78, 5) is 11.8. The minimum Gasteiger partial charge on any atom is -0.490 e. The Morgan fingerprint density at radius 1 is 1.40 bits per heavy atom. The van der Waals surface area contributed by atoms with Crippen molar-refractivity contribution in [2.75, 3.05) is 13.2 Å². The normalized spacial score (nSPS) is 10.6. The van der Waals surface area contributed by atoms with Crippen molar-refractivity contribution < 1.29 is 9.13 Å². The van der Waals surface area contributed by atoms with Gasteiger partial charge in [0.05, 0.1) is 12.7 Å². The van der Waals surface area contributed by atoms with E-state index in [1.54, 1.807) is 0 Å². The van der Waals surface area contributed by atoms with Crippen LogP contribution in [0.2, 0.25) is 5.02 Å². The Balaban J connectivity index is 2.21. The molecule has 7 heteroatoms. The van der Waals surface area contributed by atoms with Crippen LogP contribution >= 0.6 is 11.6 Å². The minimum atomic E-state index is -0.438. The average Bonchev–Trinajstić information content (AvgIpc) is 2.43. The lowest BCUT2D eigenvalue weighted by atomic mass is 10.2. The van der Waals surface area contributed by atoms with E-state index in [0.717, 1.165) is 4.68 Å². The Bertz CT molecular complexity index is 660. The second kappa shape index (κ2) is 6.49. The van der Waals surface area contributed by atoms with E-state index in [2.05, 4.69) is 5.10 Å². The van der Waals surface area contributed by atoms with Crippen LogP contribution in [0, 0.1) is 5.82 Å². The third-order valence-electron chi connectivity index (χ3n) is 2.56. The molecular formula is C13H13ClFN3O2. The molecule has 1 heterocycles. The lowest BCUT2D eigenvalue weighted by Gasteiger charge is -2.08. The van der Waals surface area contributed by atoms with Gasteiger partial charge < -0.3 is 10.5 Å². The van der Waals surface area contributed by atoms with E-state index in [4.69, 9.17) is 22.1 Å². The second-order valence-corrected chi connectivity index (χ2v) is 4.50. The van der Waals surface area contributed by atoms with Gasteiger partial charge in [-0.25, -0.2) is 9.07 Å². The molecule has 5 nitrogen and oxygen atoms in total. The van der Waals surface area contributed by atoms with E-state index in [-0.39, 0.29) is 12.1 Å². The van der Waals surface area contributed by atoms with Crippen LogP contribution in [-0.2, 0) is 6.54 Å². The largest absolute Gasteiger partial charge is 0.490 e. The summed E-state index contributed by atoms with van der Waals surface area (Å²) in [5.41, 5.74) is 5.20. The van der Waals surface area contributed by atoms with Crippen LogP contribution in [0.25, 0.3) is 0 Å². The summed E-state index contributed by atoms with van der Waals surface area (Å²) in [6, 6.07) is 5.44. The predicted octanol–water partition coefficient (Wildman–Crippen LogP) is 1.42. The summed E-state index contributed by atoms with van der Waals surface area (Å²) < 4.78 is 19.9. The van der Waals surface area contributed by atoms with Crippen LogP contribution < -0.4 is 16.0 Å². The lowest BCUT2D eigenvalue weighted by Crippen LogP contribution is -2.23. The summed E-state index contributed by atoms with van der Waals surface area (Å²) in [7, 11) is 0. The van der Waals surface area contributed by atoms with Crippen molar-refractivity contribution in [3.05, 3.63) is 57.2 Å². The molecule has 0 radical (unpaired) electrons. The topological polar surface area (TPSA) is 70.1 Å². The molecule has 20 heavy (non-hydrogen) atoms. The smallest absolute Gasteiger partial charge is 0.270 e. The number of nitrogens with two attached hydrogens (primary N) is 1. The summed E-state index contributed by atoms with van der Waals surface area (Å²) in [5.74, 6) is -0.102. The van der Waals surface area contributed by atoms with E-state index < -0.39 is 5.82 Å². The van der Waals surface area contributed by atoms with Gasteiger partial charge in [0.2, 0.25) is 0 Å². The van der Waals surface area contributed by atoms with Crippen molar-refractivity contribution in [2.45, 2.75) is 6.54 Å². The standard InChI is InChI=1S/C13H13ClFN3O2/c14-10-1-2-12(15)9(5-10)8-18-13(19)6-11(7-17-18)20-4-3-16/h1-2,5-7H,3-4,8,16H2. The zero-order chi connectivity index (χ0) is 14.5. The van der Waals surface area contributed by atoms with E-state index >= 15 is 0 Å². The molecular weight excluding hydrogens is 285 g/mol. The summed E-state index contributed by atoms with van der Waals surface area (Å²) in [5, 5.41) is 4.33. The fourth-order valence-corrected chi connectivity index (χ4v) is 1.81. The molecule has 0 fully saturated rings. The van der Waals surface area contributed by atoms with Crippen LogP contribution in [0.5, 0.6) is 5.75 Å². The van der Waals surface area contributed by atoms with E-state index in [1.165, 1.54) is 30.5 Å². The highest BCUT2D eigenvalue weighted by Crippen LogP contribution is 2.15. The SMILES string of the molecule is NCCOc1cnn(Cc2cc(Cl)ccc2F)c(=O)c1. The Labute approximate surface area is 119 Å². The van der Waals surface area contributed by atoms with Crippen molar-refractivity contribution in [3.8, 4) is 5.75 Å². The molecule has 2 rings (SSSR count). The number of hydrogen-bond acceptors (Lipinski definition) is 4. The number of benzene rings is 1. The van der Waals surface area contributed by atoms with E-state index in [9.17, 15) is 9.18 Å². The van der Waals surface area contributed by atoms with Gasteiger partial charge in [-0.3, -0.25) is 4.79 Å². The fraction of sp³-hybridized carbons (Fsp3) is 0.231. The number of halogens is 2. The van der Waals surface area contributed by atoms with Gasteiger partial charge in [0, 0.05) is 23.2 Å². The van der Waals surface area contributed by atoms with Crippen LogP contribution in [0.15, 0.2) is 35.3 Å². The molecule has 1 aromatic carbocycles. The zero-order valence-corrected chi connectivity index (χ0v) is 11.3. The third kappa shape index (κ3) is 3.55. The quantitative estimate of drug-likeness (QED) is 0.906. The maximum atomic E-state index is 13.6. The molecule has 0 bridgehead atoms. The molecule has 0 unspecified atom stereocenters. The van der Waals surface area contributed by atoms with Gasteiger partial charge in [-0.15, -0.1) is 0 Å². The molecule has 0 atom stereocenters. The molecule has 0 amide bonds. The number of aromatic nitrogens is 2. The maximum absolute atomic E-state index is 13.6. The van der Waals surface area contributed by atoms with Crippen LogP contribution in [0.3, 0.4) is 0 Å². The minimum absolute atomic E-state index is 0.00238. The molecule has 2 N–H and O–H groups in total. The van der Waals surface area contributed by atoms with E-state index in [1.807, 2.05) is 0 Å². The first kappa shape index (κ1) is 14.5. The maximum Gasteiger partial charge on any atom is 0.270 e. The average molecular weight is 298 g/mol. The van der Waals surface area contributed by atoms with Crippen molar-refractivity contribution in [1.82, 2.24) is 9.78 Å². The molecule has 0 saturated heterocycles. The number of rotatable bonds is 5. The third-order valence-corrected chi connectivity index (χ3v) is 2.79. The highest BCUT2D eigenvalue weighted by molar-refractivity contribution is 6.30. The van der Waals surface area contributed by atoms with Crippen LogP contribution in [0.4, 0.5) is 4.39 Å². The van der Waals surface area contributed by atoms with E-state index in [0.29, 0.717) is 29.5 Å². The number of hydrogen-bond donors (Lipinski definition) is 1. The Hall–Kier alpha value is -1.92. The molecule has 106 valence electrons. The summed E-state index contributed by atoms with van der Waals surface area (Å²) in [6.07, 6.45) is 1.39. The fourth-order valence-electron chi connectivity index (χ4n) is 1.62. The van der Waals surface area contributed by atoms with Crippen molar-refractivity contribution in [1.29, 1.82) is 0 Å². The molecule has 0 aliphatic carbocycles.